The molecule has 0 aliphatic rings. The Hall–Kier alpha value is -1.54. The predicted molar refractivity (Wildman–Crippen MR) is 101 cm³/mol. The van der Waals surface area contributed by atoms with Gasteiger partial charge in [-0.2, -0.15) is 0 Å². The second-order valence-electron chi connectivity index (χ2n) is 6.03. The second-order valence-corrected chi connectivity index (χ2v) is 6.03. The average Bonchev–Trinajstić information content (AvgIpc) is 2.56. The number of rotatable bonds is 14. The van der Waals surface area contributed by atoms with Gasteiger partial charge in [0.15, 0.2) is 0 Å². The molecule has 0 fully saturated rings. The van der Waals surface area contributed by atoms with Gasteiger partial charge in [-0.05, 0) is 24.1 Å². The summed E-state index contributed by atoms with van der Waals surface area (Å²) in [7, 11) is 0. The van der Waals surface area contributed by atoms with Crippen molar-refractivity contribution in [3.63, 3.8) is 0 Å². The molecule has 0 bridgehead atoms. The minimum atomic E-state index is 0.824. The van der Waals surface area contributed by atoms with Crippen molar-refractivity contribution in [2.24, 2.45) is 0 Å². The van der Waals surface area contributed by atoms with Gasteiger partial charge >= 0.3 is 0 Å². The van der Waals surface area contributed by atoms with E-state index in [1.54, 1.807) is 0 Å². The first-order chi connectivity index (χ1) is 11.3. The number of nitrogens with zero attached hydrogens (tertiary/aromatic N) is 1. The summed E-state index contributed by atoms with van der Waals surface area (Å²) in [5.74, 6) is 0.973. The number of unbranched alkanes of at least 4 members (excludes halogenated alkanes) is 5. The molecule has 0 spiro atoms. The fourth-order valence-electron chi connectivity index (χ4n) is 2.59. The van der Waals surface area contributed by atoms with Gasteiger partial charge in [0.2, 0.25) is 0 Å². The maximum absolute atomic E-state index is 5.82. The molecule has 23 heavy (non-hydrogen) atoms. The Labute approximate surface area is 142 Å². The molecule has 0 saturated carbocycles. The fourth-order valence-corrected chi connectivity index (χ4v) is 2.59. The van der Waals surface area contributed by atoms with Crippen molar-refractivity contribution >= 4 is 0 Å². The normalized spacial score (nSPS) is 10.7. The van der Waals surface area contributed by atoms with Gasteiger partial charge in [-0.25, -0.2) is 0 Å². The molecule has 2 heteroatoms. The Morgan fingerprint density at radius 1 is 0.913 bits per heavy atom. The summed E-state index contributed by atoms with van der Waals surface area (Å²) < 4.78 is 5.82. The SMILES string of the molecule is C=CCN(CC=C)Cc1ccc(OCCCCCCCC)cc1. The first-order valence-corrected chi connectivity index (χ1v) is 8.96. The summed E-state index contributed by atoms with van der Waals surface area (Å²) >= 11 is 0. The van der Waals surface area contributed by atoms with Crippen LogP contribution in [-0.2, 0) is 6.54 Å². The highest BCUT2D eigenvalue weighted by Crippen LogP contribution is 2.15. The van der Waals surface area contributed by atoms with E-state index in [0.29, 0.717) is 0 Å². The molecule has 1 aromatic carbocycles. The average molecular weight is 316 g/mol. The van der Waals surface area contributed by atoms with E-state index in [0.717, 1.165) is 38.4 Å². The van der Waals surface area contributed by atoms with Crippen LogP contribution in [0.3, 0.4) is 0 Å². The topological polar surface area (TPSA) is 12.5 Å². The zero-order chi connectivity index (χ0) is 16.8. The fraction of sp³-hybridized carbons (Fsp3) is 0.524. The first kappa shape index (κ1) is 19.5. The molecule has 0 amide bonds. The molecule has 1 aromatic rings. The lowest BCUT2D eigenvalue weighted by Crippen LogP contribution is -2.23. The van der Waals surface area contributed by atoms with E-state index < -0.39 is 0 Å². The summed E-state index contributed by atoms with van der Waals surface area (Å²) in [6, 6.07) is 8.45. The van der Waals surface area contributed by atoms with Gasteiger partial charge in [0.1, 0.15) is 5.75 Å². The van der Waals surface area contributed by atoms with Crippen molar-refractivity contribution in [1.29, 1.82) is 0 Å². The standard InChI is InChI=1S/C21H33NO/c1-4-7-8-9-10-11-18-23-21-14-12-20(13-15-21)19-22(16-5-2)17-6-3/h5-6,12-15H,2-4,7-11,16-19H2,1H3. The highest BCUT2D eigenvalue weighted by molar-refractivity contribution is 5.27. The van der Waals surface area contributed by atoms with Crippen LogP contribution in [0.5, 0.6) is 5.75 Å². The lowest BCUT2D eigenvalue weighted by Gasteiger charge is -2.18. The molecule has 0 radical (unpaired) electrons. The summed E-state index contributed by atoms with van der Waals surface area (Å²) in [5, 5.41) is 0. The second kappa shape index (κ2) is 13.0. The van der Waals surface area contributed by atoms with Crippen LogP contribution >= 0.6 is 0 Å². The number of hydrogen-bond acceptors (Lipinski definition) is 2. The molecule has 0 atom stereocenters. The summed E-state index contributed by atoms with van der Waals surface area (Å²) in [4.78, 5) is 2.30. The van der Waals surface area contributed by atoms with Crippen molar-refractivity contribution in [3.05, 3.63) is 55.1 Å². The number of ether oxygens (including phenoxy) is 1. The third-order valence-electron chi connectivity index (χ3n) is 3.87. The van der Waals surface area contributed by atoms with Crippen LogP contribution in [-0.4, -0.2) is 24.6 Å². The van der Waals surface area contributed by atoms with Crippen LogP contribution in [0.15, 0.2) is 49.6 Å². The molecule has 0 aromatic heterocycles. The van der Waals surface area contributed by atoms with Crippen molar-refractivity contribution in [1.82, 2.24) is 4.90 Å². The Morgan fingerprint density at radius 2 is 1.52 bits per heavy atom. The van der Waals surface area contributed by atoms with Crippen molar-refractivity contribution in [3.8, 4) is 5.75 Å². The molecule has 2 nitrogen and oxygen atoms in total. The van der Waals surface area contributed by atoms with E-state index in [2.05, 4.69) is 49.2 Å². The zero-order valence-corrected chi connectivity index (χ0v) is 14.8. The van der Waals surface area contributed by atoms with Gasteiger partial charge in [-0.15, -0.1) is 13.2 Å². The Bertz CT molecular complexity index is 414. The summed E-state index contributed by atoms with van der Waals surface area (Å²) in [6.45, 7) is 13.4. The maximum atomic E-state index is 5.82. The van der Waals surface area contributed by atoms with Crippen LogP contribution in [0.25, 0.3) is 0 Å². The van der Waals surface area contributed by atoms with Gasteiger partial charge in [-0.3, -0.25) is 4.90 Å². The molecule has 1 rings (SSSR count). The quantitative estimate of drug-likeness (QED) is 0.327. The zero-order valence-electron chi connectivity index (χ0n) is 14.8. The number of benzene rings is 1. The lowest BCUT2D eigenvalue weighted by atomic mass is 10.1. The van der Waals surface area contributed by atoms with Crippen LogP contribution < -0.4 is 4.74 Å². The predicted octanol–water partition coefficient (Wildman–Crippen LogP) is 5.60. The Morgan fingerprint density at radius 3 is 2.13 bits per heavy atom. The Balaban J connectivity index is 2.27. The van der Waals surface area contributed by atoms with E-state index in [4.69, 9.17) is 4.74 Å². The molecule has 0 heterocycles. The monoisotopic (exact) mass is 315 g/mol. The lowest BCUT2D eigenvalue weighted by molar-refractivity contribution is 0.303. The van der Waals surface area contributed by atoms with Crippen molar-refractivity contribution < 1.29 is 4.74 Å². The third-order valence-corrected chi connectivity index (χ3v) is 3.87. The van der Waals surface area contributed by atoms with Crippen molar-refractivity contribution in [2.45, 2.75) is 52.0 Å². The van der Waals surface area contributed by atoms with Crippen LogP contribution in [0.4, 0.5) is 0 Å². The van der Waals surface area contributed by atoms with Gasteiger partial charge < -0.3 is 4.74 Å². The van der Waals surface area contributed by atoms with Gasteiger partial charge in [0.05, 0.1) is 6.61 Å². The number of hydrogen-bond donors (Lipinski definition) is 0. The van der Waals surface area contributed by atoms with Gasteiger partial charge in [-0.1, -0.05) is 63.3 Å². The van der Waals surface area contributed by atoms with E-state index in [-0.39, 0.29) is 0 Å². The highest BCUT2D eigenvalue weighted by Gasteiger charge is 2.03. The molecule has 0 aliphatic carbocycles. The van der Waals surface area contributed by atoms with E-state index >= 15 is 0 Å². The van der Waals surface area contributed by atoms with Gasteiger partial charge in [0, 0.05) is 19.6 Å². The largest absolute Gasteiger partial charge is 0.494 e. The molecule has 0 N–H and O–H groups in total. The van der Waals surface area contributed by atoms with E-state index in [1.807, 2.05) is 12.2 Å². The minimum absolute atomic E-state index is 0.824. The first-order valence-electron chi connectivity index (χ1n) is 8.96. The van der Waals surface area contributed by atoms with Crippen molar-refractivity contribution in [2.75, 3.05) is 19.7 Å². The van der Waals surface area contributed by atoms with Crippen LogP contribution in [0.2, 0.25) is 0 Å². The third kappa shape index (κ3) is 9.25. The molecule has 0 unspecified atom stereocenters. The van der Waals surface area contributed by atoms with Crippen LogP contribution in [0.1, 0.15) is 51.0 Å². The summed E-state index contributed by atoms with van der Waals surface area (Å²) in [5.41, 5.74) is 1.29. The van der Waals surface area contributed by atoms with E-state index in [1.165, 1.54) is 37.7 Å². The minimum Gasteiger partial charge on any atom is -0.494 e. The molecular weight excluding hydrogens is 282 g/mol. The maximum Gasteiger partial charge on any atom is 0.119 e. The van der Waals surface area contributed by atoms with E-state index in [9.17, 15) is 0 Å². The summed E-state index contributed by atoms with van der Waals surface area (Å²) in [6.07, 6.45) is 11.6. The highest BCUT2D eigenvalue weighted by atomic mass is 16.5. The smallest absolute Gasteiger partial charge is 0.119 e. The molecule has 128 valence electrons. The molecular formula is C21H33NO. The van der Waals surface area contributed by atoms with Crippen LogP contribution in [0, 0.1) is 0 Å². The Kier molecular flexibility index (Phi) is 11.0. The molecule has 0 saturated heterocycles. The van der Waals surface area contributed by atoms with Gasteiger partial charge in [0.25, 0.3) is 0 Å². The molecule has 0 aliphatic heterocycles.